The number of amides is 1. The summed E-state index contributed by atoms with van der Waals surface area (Å²) in [6, 6.07) is 8.14. The lowest BCUT2D eigenvalue weighted by molar-refractivity contribution is -0.148. The zero-order valence-electron chi connectivity index (χ0n) is 14.5. The van der Waals surface area contributed by atoms with Gasteiger partial charge in [0.2, 0.25) is 5.91 Å². The first kappa shape index (κ1) is 17.9. The topological polar surface area (TPSA) is 70.5 Å². The smallest absolute Gasteiger partial charge is 0.306 e. The van der Waals surface area contributed by atoms with Crippen molar-refractivity contribution >= 4 is 33.4 Å². The van der Waals surface area contributed by atoms with E-state index in [1.807, 2.05) is 30.0 Å². The summed E-state index contributed by atoms with van der Waals surface area (Å²) in [6.07, 6.45) is 3.81. The predicted octanol–water partition coefficient (Wildman–Crippen LogP) is 3.58. The molecule has 2 heterocycles. The number of aliphatic carboxylic acids is 1. The van der Waals surface area contributed by atoms with Gasteiger partial charge in [-0.15, -0.1) is 11.3 Å². The van der Waals surface area contributed by atoms with Crippen LogP contribution in [0.4, 0.5) is 0 Å². The van der Waals surface area contributed by atoms with Crippen molar-refractivity contribution in [1.82, 2.24) is 9.88 Å². The van der Waals surface area contributed by atoms with Crippen molar-refractivity contribution in [2.75, 3.05) is 13.1 Å². The van der Waals surface area contributed by atoms with Crippen LogP contribution in [-0.4, -0.2) is 40.0 Å². The SMILES string of the molecule is CC1CN(C(=O)CCCCc2nc3ccccc3s2)CCC1C(=O)O. The van der Waals surface area contributed by atoms with Crippen molar-refractivity contribution in [2.45, 2.75) is 39.0 Å². The Morgan fingerprint density at radius 2 is 2.12 bits per heavy atom. The zero-order chi connectivity index (χ0) is 17.8. The summed E-state index contributed by atoms with van der Waals surface area (Å²) in [6.45, 7) is 3.05. The van der Waals surface area contributed by atoms with Crippen LogP contribution in [0.1, 0.15) is 37.6 Å². The van der Waals surface area contributed by atoms with Crippen molar-refractivity contribution in [3.63, 3.8) is 0 Å². The number of hydrogen-bond acceptors (Lipinski definition) is 4. The number of unbranched alkanes of at least 4 members (excludes halogenated alkanes) is 1. The van der Waals surface area contributed by atoms with Gasteiger partial charge in [-0.05, 0) is 43.7 Å². The van der Waals surface area contributed by atoms with Crippen LogP contribution in [0.2, 0.25) is 0 Å². The third-order valence-corrected chi connectivity index (χ3v) is 6.04. The molecule has 6 heteroatoms. The molecule has 3 rings (SSSR count). The van der Waals surface area contributed by atoms with Crippen LogP contribution in [0.3, 0.4) is 0 Å². The molecule has 1 fully saturated rings. The average molecular weight is 360 g/mol. The summed E-state index contributed by atoms with van der Waals surface area (Å²) < 4.78 is 1.21. The number of para-hydroxylation sites is 1. The van der Waals surface area contributed by atoms with E-state index in [-0.39, 0.29) is 17.7 Å². The maximum Gasteiger partial charge on any atom is 0.306 e. The molecule has 0 spiro atoms. The standard InChI is InChI=1S/C19H24N2O3S/c1-13-12-21(11-10-14(13)19(23)24)18(22)9-5-4-8-17-20-15-6-2-3-7-16(15)25-17/h2-3,6-7,13-14H,4-5,8-12H2,1H3,(H,23,24). The summed E-state index contributed by atoms with van der Waals surface area (Å²) in [5.74, 6) is -0.878. The lowest BCUT2D eigenvalue weighted by Crippen LogP contribution is -2.44. The molecule has 2 aromatic rings. The van der Waals surface area contributed by atoms with Crippen molar-refractivity contribution in [2.24, 2.45) is 11.8 Å². The number of fused-ring (bicyclic) bond motifs is 1. The van der Waals surface area contributed by atoms with Crippen LogP contribution in [0.5, 0.6) is 0 Å². The quantitative estimate of drug-likeness (QED) is 0.800. The number of piperidine rings is 1. The zero-order valence-corrected chi connectivity index (χ0v) is 15.3. The number of carboxylic acid groups (broad SMARTS) is 1. The van der Waals surface area contributed by atoms with Crippen LogP contribution < -0.4 is 0 Å². The molecule has 1 amide bonds. The number of thiazole rings is 1. The Morgan fingerprint density at radius 1 is 1.32 bits per heavy atom. The molecule has 2 unspecified atom stereocenters. The number of carbonyl (C=O) groups is 2. The average Bonchev–Trinajstić information content (AvgIpc) is 3.00. The molecule has 1 aromatic heterocycles. The molecule has 1 N–H and O–H groups in total. The molecular weight excluding hydrogens is 336 g/mol. The molecule has 5 nitrogen and oxygen atoms in total. The Labute approximate surface area is 151 Å². The van der Waals surface area contributed by atoms with Gasteiger partial charge in [-0.1, -0.05) is 19.1 Å². The molecule has 25 heavy (non-hydrogen) atoms. The van der Waals surface area contributed by atoms with Crippen molar-refractivity contribution in [1.29, 1.82) is 0 Å². The number of hydrogen-bond donors (Lipinski definition) is 1. The highest BCUT2D eigenvalue weighted by atomic mass is 32.1. The Bertz CT molecular complexity index is 725. The van der Waals surface area contributed by atoms with Gasteiger partial charge >= 0.3 is 5.97 Å². The Hall–Kier alpha value is -1.95. The second-order valence-electron chi connectivity index (χ2n) is 6.83. The van der Waals surface area contributed by atoms with Crippen LogP contribution in [-0.2, 0) is 16.0 Å². The predicted molar refractivity (Wildman–Crippen MR) is 98.7 cm³/mol. The van der Waals surface area contributed by atoms with E-state index in [2.05, 4.69) is 11.1 Å². The van der Waals surface area contributed by atoms with E-state index < -0.39 is 5.97 Å². The van der Waals surface area contributed by atoms with Gasteiger partial charge in [-0.25, -0.2) is 4.98 Å². The van der Waals surface area contributed by atoms with Crippen LogP contribution in [0, 0.1) is 11.8 Å². The maximum atomic E-state index is 12.3. The van der Waals surface area contributed by atoms with E-state index in [9.17, 15) is 9.59 Å². The lowest BCUT2D eigenvalue weighted by atomic mass is 9.87. The van der Waals surface area contributed by atoms with Crippen molar-refractivity contribution < 1.29 is 14.7 Å². The summed E-state index contributed by atoms with van der Waals surface area (Å²) in [5, 5.41) is 10.3. The van der Waals surface area contributed by atoms with Crippen LogP contribution in [0.25, 0.3) is 10.2 Å². The second-order valence-corrected chi connectivity index (χ2v) is 7.95. The molecule has 0 saturated carbocycles. The summed E-state index contributed by atoms with van der Waals surface area (Å²) in [7, 11) is 0. The highest BCUT2D eigenvalue weighted by Crippen LogP contribution is 2.25. The highest BCUT2D eigenvalue weighted by molar-refractivity contribution is 7.18. The van der Waals surface area contributed by atoms with Gasteiger partial charge in [0, 0.05) is 19.5 Å². The number of aromatic nitrogens is 1. The first-order valence-electron chi connectivity index (χ1n) is 8.89. The molecule has 1 aliphatic rings. The fourth-order valence-electron chi connectivity index (χ4n) is 3.48. The highest BCUT2D eigenvalue weighted by Gasteiger charge is 2.32. The molecular formula is C19H24N2O3S. The molecule has 1 aliphatic heterocycles. The van der Waals surface area contributed by atoms with Gasteiger partial charge < -0.3 is 10.0 Å². The summed E-state index contributed by atoms with van der Waals surface area (Å²) in [4.78, 5) is 29.9. The van der Waals surface area contributed by atoms with Crippen molar-refractivity contribution in [3.8, 4) is 0 Å². The van der Waals surface area contributed by atoms with Gasteiger partial charge in [0.05, 0.1) is 21.1 Å². The number of aryl methyl sites for hydroxylation is 1. The molecule has 0 radical (unpaired) electrons. The van der Waals surface area contributed by atoms with E-state index in [0.717, 1.165) is 29.8 Å². The largest absolute Gasteiger partial charge is 0.481 e. The molecule has 1 aromatic carbocycles. The van der Waals surface area contributed by atoms with E-state index >= 15 is 0 Å². The molecule has 1 saturated heterocycles. The lowest BCUT2D eigenvalue weighted by Gasteiger charge is -2.35. The minimum Gasteiger partial charge on any atom is -0.481 e. The summed E-state index contributed by atoms with van der Waals surface area (Å²) in [5.41, 5.74) is 1.05. The normalized spacial score (nSPS) is 20.8. The Morgan fingerprint density at radius 3 is 2.84 bits per heavy atom. The number of rotatable bonds is 6. The fraction of sp³-hybridized carbons (Fsp3) is 0.526. The van der Waals surface area contributed by atoms with Gasteiger partial charge in [-0.3, -0.25) is 9.59 Å². The van der Waals surface area contributed by atoms with Crippen LogP contribution >= 0.6 is 11.3 Å². The molecule has 134 valence electrons. The maximum absolute atomic E-state index is 12.3. The number of benzene rings is 1. The monoisotopic (exact) mass is 360 g/mol. The number of likely N-dealkylation sites (tertiary alicyclic amines) is 1. The number of carbonyl (C=O) groups excluding carboxylic acids is 1. The Kier molecular flexibility index (Phi) is 5.68. The third kappa shape index (κ3) is 4.37. The van der Waals surface area contributed by atoms with E-state index in [1.54, 1.807) is 11.3 Å². The first-order chi connectivity index (χ1) is 12.0. The van der Waals surface area contributed by atoms with Crippen LogP contribution in [0.15, 0.2) is 24.3 Å². The minimum absolute atomic E-state index is 0.0259. The van der Waals surface area contributed by atoms with Gasteiger partial charge in [0.25, 0.3) is 0 Å². The van der Waals surface area contributed by atoms with E-state index in [0.29, 0.717) is 25.9 Å². The minimum atomic E-state index is -0.740. The molecule has 0 aliphatic carbocycles. The molecule has 2 atom stereocenters. The second kappa shape index (κ2) is 7.95. The van der Waals surface area contributed by atoms with E-state index in [1.165, 1.54) is 4.70 Å². The summed E-state index contributed by atoms with van der Waals surface area (Å²) >= 11 is 1.73. The Balaban J connectivity index is 1.41. The fourth-order valence-corrected chi connectivity index (χ4v) is 4.49. The number of carboxylic acids is 1. The third-order valence-electron chi connectivity index (χ3n) is 4.94. The van der Waals surface area contributed by atoms with Gasteiger partial charge in [0.15, 0.2) is 0 Å². The first-order valence-corrected chi connectivity index (χ1v) is 9.71. The van der Waals surface area contributed by atoms with E-state index in [4.69, 9.17) is 5.11 Å². The molecule has 0 bridgehead atoms. The van der Waals surface area contributed by atoms with Gasteiger partial charge in [-0.2, -0.15) is 0 Å². The number of nitrogens with zero attached hydrogens (tertiary/aromatic N) is 2. The van der Waals surface area contributed by atoms with Gasteiger partial charge in [0.1, 0.15) is 0 Å². The van der Waals surface area contributed by atoms with Crippen molar-refractivity contribution in [3.05, 3.63) is 29.3 Å².